The fraction of sp³-hybridized carbons (Fsp3) is 0. The molecule has 1 N–H and O–H groups in total. The molecule has 0 aliphatic heterocycles. The first-order chi connectivity index (χ1) is 5.02. The largest absolute Gasteiger partial charge is 0.299 e. The van der Waals surface area contributed by atoms with Gasteiger partial charge in [0.05, 0.1) is 6.20 Å². The Bertz CT molecular complexity index is 368. The summed E-state index contributed by atoms with van der Waals surface area (Å²) in [5.74, 6) is 0. The molecule has 0 aliphatic rings. The van der Waals surface area contributed by atoms with E-state index in [1.54, 1.807) is 0 Å². The summed E-state index contributed by atoms with van der Waals surface area (Å²) in [6.07, 6.45) is 2.00. The molecular weight excluding hydrogens is 231 g/mol. The maximum absolute atomic E-state index is 10.4. The van der Waals surface area contributed by atoms with Crippen molar-refractivity contribution in [1.82, 2.24) is 9.97 Å². The van der Waals surface area contributed by atoms with Crippen LogP contribution in [0, 0.1) is 0 Å². The third-order valence-electron chi connectivity index (χ3n) is 0.911. The minimum absolute atomic E-state index is 0. The summed E-state index contributed by atoms with van der Waals surface area (Å²) in [4.78, 5) is 6.25. The van der Waals surface area contributed by atoms with Crippen LogP contribution in [-0.2, 0) is 10.1 Å². The van der Waals surface area contributed by atoms with Crippen molar-refractivity contribution in [2.45, 2.75) is 4.90 Å². The standard InChI is InChI=1S/C4H3ClN2O3S.K/c5-4-3(11(8,9)10)1-6-2-7-4;/h1-2H,(H,8,9,10);. The first-order valence-electron chi connectivity index (χ1n) is 2.45. The minimum atomic E-state index is -4.29. The molecule has 0 unspecified atom stereocenters. The van der Waals surface area contributed by atoms with Crippen LogP contribution in [0.4, 0.5) is 0 Å². The maximum Gasteiger partial charge on any atom is 0.299 e. The van der Waals surface area contributed by atoms with Crippen LogP contribution in [0.5, 0.6) is 0 Å². The summed E-state index contributed by atoms with van der Waals surface area (Å²) < 4.78 is 29.4. The van der Waals surface area contributed by atoms with Crippen LogP contribution in [0.15, 0.2) is 17.4 Å². The Morgan fingerprint density at radius 2 is 2.08 bits per heavy atom. The van der Waals surface area contributed by atoms with Gasteiger partial charge in [0, 0.05) is 51.4 Å². The van der Waals surface area contributed by atoms with Gasteiger partial charge in [-0.3, -0.25) is 4.55 Å². The van der Waals surface area contributed by atoms with Gasteiger partial charge >= 0.3 is 0 Å². The van der Waals surface area contributed by atoms with E-state index in [1.165, 1.54) is 0 Å². The van der Waals surface area contributed by atoms with E-state index in [-0.39, 0.29) is 56.5 Å². The van der Waals surface area contributed by atoms with Crippen LogP contribution in [-0.4, -0.2) is 74.3 Å². The molecule has 0 amide bonds. The molecule has 1 rings (SSSR count). The summed E-state index contributed by atoms with van der Waals surface area (Å²) in [5.41, 5.74) is 0. The predicted octanol–water partition coefficient (Wildman–Crippen LogP) is -0.00410. The molecule has 0 atom stereocenters. The number of hydrogen-bond donors (Lipinski definition) is 1. The maximum atomic E-state index is 10.4. The topological polar surface area (TPSA) is 80.2 Å². The van der Waals surface area contributed by atoms with Gasteiger partial charge in [-0.1, -0.05) is 11.6 Å². The van der Waals surface area contributed by atoms with E-state index in [0.29, 0.717) is 0 Å². The van der Waals surface area contributed by atoms with Crippen LogP contribution in [0.1, 0.15) is 0 Å². The van der Waals surface area contributed by atoms with Crippen molar-refractivity contribution in [2.75, 3.05) is 0 Å². The second-order valence-corrected chi connectivity index (χ2v) is 3.40. The molecule has 1 aromatic rings. The van der Waals surface area contributed by atoms with Gasteiger partial charge in [0.1, 0.15) is 11.2 Å². The summed E-state index contributed by atoms with van der Waals surface area (Å²) in [7, 11) is -4.29. The van der Waals surface area contributed by atoms with Crippen molar-refractivity contribution < 1.29 is 13.0 Å². The van der Waals surface area contributed by atoms with Gasteiger partial charge < -0.3 is 0 Å². The Hall–Kier alpha value is 0.916. The Kier molecular flexibility index (Phi) is 5.34. The van der Waals surface area contributed by atoms with Crippen molar-refractivity contribution >= 4 is 73.1 Å². The molecule has 1 heterocycles. The second-order valence-electron chi connectivity index (χ2n) is 1.65. The monoisotopic (exact) mass is 233 g/mol. The Morgan fingerprint density at radius 1 is 1.50 bits per heavy atom. The molecule has 0 aliphatic carbocycles. The van der Waals surface area contributed by atoms with E-state index >= 15 is 0 Å². The fourth-order valence-electron chi connectivity index (χ4n) is 0.475. The molecule has 0 bridgehead atoms. The average Bonchev–Trinajstić information content (AvgIpc) is 1.86. The zero-order valence-electron chi connectivity index (χ0n) is 6.10. The van der Waals surface area contributed by atoms with Crippen LogP contribution in [0.25, 0.3) is 0 Å². The molecule has 0 saturated heterocycles. The summed E-state index contributed by atoms with van der Waals surface area (Å²) in [5, 5.41) is -0.289. The van der Waals surface area contributed by atoms with Gasteiger partial charge in [-0.15, -0.1) is 0 Å². The smallest absolute Gasteiger partial charge is 0.282 e. The van der Waals surface area contributed by atoms with Gasteiger partial charge in [-0.05, 0) is 0 Å². The first kappa shape index (κ1) is 12.9. The fourth-order valence-corrected chi connectivity index (χ4v) is 1.32. The van der Waals surface area contributed by atoms with Crippen molar-refractivity contribution in [3.8, 4) is 0 Å². The van der Waals surface area contributed by atoms with Crippen molar-refractivity contribution in [3.63, 3.8) is 0 Å². The molecule has 61 valence electrons. The predicted molar refractivity (Wildman–Crippen MR) is 42.6 cm³/mol. The van der Waals surface area contributed by atoms with Gasteiger partial charge in [0.2, 0.25) is 0 Å². The van der Waals surface area contributed by atoms with Gasteiger partial charge in [-0.2, -0.15) is 8.42 Å². The van der Waals surface area contributed by atoms with Crippen LogP contribution >= 0.6 is 11.6 Å². The van der Waals surface area contributed by atoms with Gasteiger partial charge in [0.15, 0.2) is 5.15 Å². The molecule has 0 saturated carbocycles. The van der Waals surface area contributed by atoms with Crippen LogP contribution < -0.4 is 0 Å². The molecule has 8 heteroatoms. The SMILES string of the molecule is O=S(=O)(O)c1cncnc1Cl.[K]. The van der Waals surface area contributed by atoms with E-state index in [1.807, 2.05) is 0 Å². The molecule has 5 nitrogen and oxygen atoms in total. The van der Waals surface area contributed by atoms with E-state index in [0.717, 1.165) is 12.5 Å². The van der Waals surface area contributed by atoms with E-state index < -0.39 is 15.0 Å². The number of rotatable bonds is 1. The van der Waals surface area contributed by atoms with E-state index in [2.05, 4.69) is 9.97 Å². The van der Waals surface area contributed by atoms with Gasteiger partial charge in [-0.25, -0.2) is 9.97 Å². The number of aromatic nitrogens is 2. The summed E-state index contributed by atoms with van der Waals surface area (Å²) >= 11 is 5.32. The second kappa shape index (κ2) is 4.96. The van der Waals surface area contributed by atoms with Gasteiger partial charge in [0.25, 0.3) is 10.1 Å². The molecule has 12 heavy (non-hydrogen) atoms. The molecule has 1 aromatic heterocycles. The van der Waals surface area contributed by atoms with Crippen LogP contribution in [0.2, 0.25) is 5.15 Å². The molecule has 0 spiro atoms. The Balaban J connectivity index is 0.00000121. The van der Waals surface area contributed by atoms with E-state index in [9.17, 15) is 8.42 Å². The summed E-state index contributed by atoms with van der Waals surface area (Å²) in [6, 6.07) is 0. The molecule has 1 radical (unpaired) electrons. The van der Waals surface area contributed by atoms with Crippen molar-refractivity contribution in [2.24, 2.45) is 0 Å². The number of nitrogens with zero attached hydrogens (tertiary/aromatic N) is 2. The number of halogens is 1. The minimum Gasteiger partial charge on any atom is -0.282 e. The number of hydrogen-bond acceptors (Lipinski definition) is 4. The average molecular weight is 234 g/mol. The van der Waals surface area contributed by atoms with Crippen molar-refractivity contribution in [3.05, 3.63) is 17.7 Å². The Morgan fingerprint density at radius 3 is 2.42 bits per heavy atom. The third-order valence-corrected chi connectivity index (χ3v) is 2.18. The van der Waals surface area contributed by atoms with E-state index in [4.69, 9.17) is 16.2 Å². The zero-order chi connectivity index (χ0) is 8.48. The first-order valence-corrected chi connectivity index (χ1v) is 4.26. The molecular formula is C4H3ClKN2O3S. The van der Waals surface area contributed by atoms with Crippen LogP contribution in [0.3, 0.4) is 0 Å². The molecule has 0 aromatic carbocycles. The zero-order valence-corrected chi connectivity index (χ0v) is 10.8. The molecule has 0 fully saturated rings. The quantitative estimate of drug-likeness (QED) is 0.420. The van der Waals surface area contributed by atoms with Crippen molar-refractivity contribution in [1.29, 1.82) is 0 Å². The summed E-state index contributed by atoms with van der Waals surface area (Å²) in [6.45, 7) is 0. The normalized spacial score (nSPS) is 10.5. The Labute approximate surface area is 117 Å². The third kappa shape index (κ3) is 3.34.